The van der Waals surface area contributed by atoms with Crippen LogP contribution in [0.25, 0.3) is 87.5 Å². The molecule has 0 spiro atoms. The molecule has 4 heterocycles. The van der Waals surface area contributed by atoms with Crippen LogP contribution in [0.1, 0.15) is 88.7 Å². The molecule has 4 aromatic heterocycles. The highest BCUT2D eigenvalue weighted by Crippen LogP contribution is 2.61. The quantitative estimate of drug-likeness (QED) is 0.174. The Morgan fingerprint density at radius 1 is 0.516 bits per heavy atom. The Balaban J connectivity index is 0.785. The summed E-state index contributed by atoms with van der Waals surface area (Å²) in [5, 5.41) is 10.2. The van der Waals surface area contributed by atoms with Crippen molar-refractivity contribution < 1.29 is 8.83 Å². The van der Waals surface area contributed by atoms with Crippen LogP contribution in [0.3, 0.4) is 0 Å². The van der Waals surface area contributed by atoms with Crippen LogP contribution >= 0.6 is 0 Å². The standard InChI is InChI=1S/C58H54N2O2/c1-3-57(40-12-14-41-42-15-17-49-53(55(42)62-52(41)26-40)44-8-4-6-10-47(44)59(49)2)27-36-23-37(31-57)38(24-36)32-60-48-11-7-5-9-45(48)54-50(60)18-16-43-46-25-39(13-19-51(46)61-56(43)54)58-28-33-20-34(29-58)22-35(21-33)30-58/h4-19,25-26,33-38H,3,20-24,27-32H2,1-2H3/t33?,34?,35?,36?,37?,38-,57?,58?/m0/s1. The average molecular weight is 811 g/mol. The third kappa shape index (κ3) is 4.59. The molecular formula is C58H54N2O2. The molecular weight excluding hydrogens is 757 g/mol. The number of para-hydroxylation sites is 2. The lowest BCUT2D eigenvalue weighted by atomic mass is 9.48. The van der Waals surface area contributed by atoms with Crippen molar-refractivity contribution >= 4 is 87.5 Å². The summed E-state index contributed by atoms with van der Waals surface area (Å²) < 4.78 is 18.9. The molecule has 0 saturated heterocycles. The van der Waals surface area contributed by atoms with Crippen molar-refractivity contribution in [2.24, 2.45) is 42.6 Å². The molecule has 0 radical (unpaired) electrons. The zero-order valence-corrected chi connectivity index (χ0v) is 36.1. The fourth-order valence-corrected chi connectivity index (χ4v) is 16.2. The predicted molar refractivity (Wildman–Crippen MR) is 255 cm³/mol. The van der Waals surface area contributed by atoms with Gasteiger partial charge in [0.15, 0.2) is 0 Å². The van der Waals surface area contributed by atoms with Crippen molar-refractivity contribution in [3.63, 3.8) is 0 Å². The SMILES string of the molecule is CCC1(c2ccc3c(c2)oc2c3ccc3c2c2ccccc2n3C)CC2CC(C1)[C@H](Cn1c3ccccc3c3c4oc5ccc(C67CC8CC(CC(C8)C6)C7)cc5c4ccc31)C2. The van der Waals surface area contributed by atoms with Gasteiger partial charge in [0.05, 0.1) is 21.8 Å². The molecule has 6 saturated carbocycles. The lowest BCUT2D eigenvalue weighted by Gasteiger charge is -2.57. The van der Waals surface area contributed by atoms with E-state index in [4.69, 9.17) is 8.83 Å². The summed E-state index contributed by atoms with van der Waals surface area (Å²) in [5.41, 5.74) is 12.9. The summed E-state index contributed by atoms with van der Waals surface area (Å²) in [7, 11) is 2.17. The van der Waals surface area contributed by atoms with E-state index in [0.29, 0.717) is 17.3 Å². The van der Waals surface area contributed by atoms with E-state index >= 15 is 0 Å². The second-order valence-corrected chi connectivity index (χ2v) is 21.6. The fraction of sp³-hybridized carbons (Fsp3) is 0.379. The van der Waals surface area contributed by atoms with Gasteiger partial charge in [0.2, 0.25) is 0 Å². The van der Waals surface area contributed by atoms with Gasteiger partial charge >= 0.3 is 0 Å². The molecule has 4 nitrogen and oxygen atoms in total. The summed E-state index contributed by atoms with van der Waals surface area (Å²) in [6, 6.07) is 41.9. The molecule has 4 heteroatoms. The van der Waals surface area contributed by atoms with E-state index < -0.39 is 0 Å². The van der Waals surface area contributed by atoms with Crippen molar-refractivity contribution in [3.8, 4) is 0 Å². The molecule has 308 valence electrons. The molecule has 3 unspecified atom stereocenters. The van der Waals surface area contributed by atoms with Crippen LogP contribution < -0.4 is 0 Å². The molecule has 6 bridgehead atoms. The van der Waals surface area contributed by atoms with E-state index in [1.165, 1.54) is 135 Å². The Morgan fingerprint density at radius 3 is 1.92 bits per heavy atom. The van der Waals surface area contributed by atoms with Crippen LogP contribution in [0.15, 0.2) is 118 Å². The van der Waals surface area contributed by atoms with Gasteiger partial charge in [-0.3, -0.25) is 0 Å². The number of fused-ring (bicyclic) bond motifs is 16. The number of benzene rings is 6. The Morgan fingerprint density at radius 2 is 1.15 bits per heavy atom. The number of furan rings is 2. The van der Waals surface area contributed by atoms with E-state index in [1.54, 1.807) is 5.56 Å². The molecule has 0 amide bonds. The van der Waals surface area contributed by atoms with Gasteiger partial charge in [-0.1, -0.05) is 61.5 Å². The molecule has 4 atom stereocenters. The van der Waals surface area contributed by atoms with Crippen molar-refractivity contribution in [2.45, 2.75) is 94.9 Å². The lowest BCUT2D eigenvalue weighted by Crippen LogP contribution is -2.48. The van der Waals surface area contributed by atoms with Gasteiger partial charge < -0.3 is 18.0 Å². The van der Waals surface area contributed by atoms with Gasteiger partial charge in [-0.25, -0.2) is 0 Å². The van der Waals surface area contributed by atoms with Crippen LogP contribution in [-0.2, 0) is 24.4 Å². The Bertz CT molecular complexity index is 3500. The summed E-state index contributed by atoms with van der Waals surface area (Å²) in [6.45, 7) is 3.51. The van der Waals surface area contributed by atoms with Gasteiger partial charge in [0.1, 0.15) is 22.3 Å². The van der Waals surface area contributed by atoms with Gasteiger partial charge in [0, 0.05) is 56.9 Å². The van der Waals surface area contributed by atoms with Gasteiger partial charge in [-0.2, -0.15) is 0 Å². The molecule has 6 aliphatic rings. The second kappa shape index (κ2) is 12.2. The Kier molecular flexibility index (Phi) is 6.87. The van der Waals surface area contributed by atoms with Gasteiger partial charge in [-0.15, -0.1) is 0 Å². The number of nitrogens with zero attached hydrogens (tertiary/aromatic N) is 2. The van der Waals surface area contributed by atoms with E-state index in [2.05, 4.69) is 132 Å². The summed E-state index contributed by atoms with van der Waals surface area (Å²) in [6.07, 6.45) is 15.0. The highest BCUT2D eigenvalue weighted by Gasteiger charge is 2.52. The number of rotatable bonds is 5. The average Bonchev–Trinajstić information content (AvgIpc) is 4.08. The van der Waals surface area contributed by atoms with Crippen LogP contribution in [-0.4, -0.2) is 9.13 Å². The van der Waals surface area contributed by atoms with Crippen molar-refractivity contribution in [3.05, 3.63) is 120 Å². The normalized spacial score (nSPS) is 29.4. The molecule has 16 rings (SSSR count). The first-order valence-electron chi connectivity index (χ1n) is 24.1. The van der Waals surface area contributed by atoms with E-state index in [9.17, 15) is 0 Å². The Hall–Kier alpha value is -5.48. The zero-order chi connectivity index (χ0) is 40.6. The van der Waals surface area contributed by atoms with E-state index in [-0.39, 0.29) is 5.41 Å². The minimum absolute atomic E-state index is 0.167. The van der Waals surface area contributed by atoms with Crippen LogP contribution in [0, 0.1) is 35.5 Å². The maximum absolute atomic E-state index is 6.96. The van der Waals surface area contributed by atoms with Crippen molar-refractivity contribution in [1.82, 2.24) is 9.13 Å². The van der Waals surface area contributed by atoms with Crippen LogP contribution in [0.4, 0.5) is 0 Å². The largest absolute Gasteiger partial charge is 0.455 e. The monoisotopic (exact) mass is 810 g/mol. The topological polar surface area (TPSA) is 36.1 Å². The highest BCUT2D eigenvalue weighted by atomic mass is 16.3. The second-order valence-electron chi connectivity index (χ2n) is 21.6. The maximum Gasteiger partial charge on any atom is 0.145 e. The summed E-state index contributed by atoms with van der Waals surface area (Å²) >= 11 is 0. The minimum Gasteiger partial charge on any atom is -0.455 e. The van der Waals surface area contributed by atoms with Gasteiger partial charge in [-0.05, 0) is 183 Å². The smallest absolute Gasteiger partial charge is 0.145 e. The first kappa shape index (κ1) is 35.0. The lowest BCUT2D eigenvalue weighted by molar-refractivity contribution is -0.00513. The van der Waals surface area contributed by atoms with E-state index in [1.807, 2.05) is 0 Å². The zero-order valence-electron chi connectivity index (χ0n) is 36.1. The number of aromatic nitrogens is 2. The first-order valence-corrected chi connectivity index (χ1v) is 24.1. The molecule has 6 aliphatic carbocycles. The third-order valence-electron chi connectivity index (χ3n) is 18.5. The van der Waals surface area contributed by atoms with Gasteiger partial charge in [0.25, 0.3) is 0 Å². The van der Waals surface area contributed by atoms with Crippen LogP contribution in [0.5, 0.6) is 0 Å². The molecule has 0 aliphatic heterocycles. The maximum atomic E-state index is 6.96. The molecule has 6 fully saturated rings. The van der Waals surface area contributed by atoms with E-state index in [0.717, 1.165) is 59.0 Å². The summed E-state index contributed by atoms with van der Waals surface area (Å²) in [4.78, 5) is 0. The summed E-state index contributed by atoms with van der Waals surface area (Å²) in [5.74, 6) is 4.92. The fourth-order valence-electron chi connectivity index (χ4n) is 16.2. The first-order chi connectivity index (χ1) is 30.4. The number of hydrogen-bond acceptors (Lipinski definition) is 2. The molecule has 0 N–H and O–H groups in total. The van der Waals surface area contributed by atoms with Crippen LogP contribution in [0.2, 0.25) is 0 Å². The molecule has 6 aromatic carbocycles. The predicted octanol–water partition coefficient (Wildman–Crippen LogP) is 15.5. The highest BCUT2D eigenvalue weighted by molar-refractivity contribution is 6.24. The van der Waals surface area contributed by atoms with Crippen molar-refractivity contribution in [1.29, 1.82) is 0 Å². The minimum atomic E-state index is 0.167. The molecule has 10 aromatic rings. The number of hydrogen-bond donors (Lipinski definition) is 0. The molecule has 62 heavy (non-hydrogen) atoms. The third-order valence-corrected chi connectivity index (χ3v) is 18.5. The Labute approximate surface area is 361 Å². The number of aryl methyl sites for hydroxylation is 1. The van der Waals surface area contributed by atoms with Crippen molar-refractivity contribution in [2.75, 3.05) is 0 Å².